The second-order valence-corrected chi connectivity index (χ2v) is 6.40. The summed E-state index contributed by atoms with van der Waals surface area (Å²) >= 11 is 0. The van der Waals surface area contributed by atoms with Gasteiger partial charge in [0.25, 0.3) is 0 Å². The van der Waals surface area contributed by atoms with Gasteiger partial charge < -0.3 is 10.6 Å². The van der Waals surface area contributed by atoms with Gasteiger partial charge >= 0.3 is 0 Å². The van der Waals surface area contributed by atoms with Gasteiger partial charge in [0.1, 0.15) is 17.5 Å². The van der Waals surface area contributed by atoms with Crippen LogP contribution >= 0.6 is 12.4 Å². The number of carbonyl (C=O) groups excluding carboxylic acids is 2. The number of halogens is 4. The van der Waals surface area contributed by atoms with Crippen molar-refractivity contribution in [3.8, 4) is 0 Å². The minimum absolute atomic E-state index is 0. The predicted molar refractivity (Wildman–Crippen MR) is 85.5 cm³/mol. The van der Waals surface area contributed by atoms with Crippen molar-refractivity contribution in [2.24, 2.45) is 11.7 Å². The van der Waals surface area contributed by atoms with E-state index in [0.717, 1.165) is 0 Å². The summed E-state index contributed by atoms with van der Waals surface area (Å²) in [5.74, 6) is -5.00. The Morgan fingerprint density at radius 2 is 1.58 bits per heavy atom. The van der Waals surface area contributed by atoms with E-state index in [-0.39, 0.29) is 31.2 Å². The van der Waals surface area contributed by atoms with Crippen LogP contribution in [0.3, 0.4) is 0 Å². The molecule has 0 atom stereocenters. The number of amides is 1. The van der Waals surface area contributed by atoms with Crippen LogP contribution in [0.15, 0.2) is 12.1 Å². The van der Waals surface area contributed by atoms with E-state index in [0.29, 0.717) is 25.2 Å². The fourth-order valence-corrected chi connectivity index (χ4v) is 2.73. The number of nitrogens with zero attached hydrogens (tertiary/aromatic N) is 1. The molecule has 24 heavy (non-hydrogen) atoms. The molecule has 0 bridgehead atoms. The van der Waals surface area contributed by atoms with Crippen LogP contribution in [0.1, 0.15) is 37.0 Å². The number of hydrogen-bond donors (Lipinski definition) is 1. The molecule has 0 aromatic heterocycles. The Labute approximate surface area is 144 Å². The Balaban J connectivity index is 0.00000288. The van der Waals surface area contributed by atoms with Gasteiger partial charge in [0.2, 0.25) is 5.91 Å². The molecule has 4 nitrogen and oxygen atoms in total. The number of nitrogens with two attached hydrogens (primary N) is 1. The average molecular weight is 365 g/mol. The lowest BCUT2D eigenvalue weighted by molar-refractivity contribution is -0.137. The van der Waals surface area contributed by atoms with Gasteiger partial charge in [0.15, 0.2) is 5.78 Å². The van der Waals surface area contributed by atoms with Crippen LogP contribution in [-0.2, 0) is 4.79 Å². The first-order valence-corrected chi connectivity index (χ1v) is 7.38. The molecule has 1 aliphatic rings. The number of likely N-dealkylation sites (tertiary alicyclic amines) is 1. The Morgan fingerprint density at radius 1 is 1.12 bits per heavy atom. The molecule has 0 unspecified atom stereocenters. The van der Waals surface area contributed by atoms with Crippen molar-refractivity contribution in [1.82, 2.24) is 4.90 Å². The molecule has 0 radical (unpaired) electrons. The monoisotopic (exact) mass is 364 g/mol. The maximum absolute atomic E-state index is 13.7. The minimum Gasteiger partial charge on any atom is -0.341 e. The van der Waals surface area contributed by atoms with Gasteiger partial charge in [-0.3, -0.25) is 9.59 Å². The Morgan fingerprint density at radius 3 is 2.00 bits per heavy atom. The Hall–Kier alpha value is -1.60. The highest BCUT2D eigenvalue weighted by molar-refractivity contribution is 5.98. The van der Waals surface area contributed by atoms with E-state index in [1.807, 2.05) is 0 Å². The first-order chi connectivity index (χ1) is 10.6. The first kappa shape index (κ1) is 20.4. The second-order valence-electron chi connectivity index (χ2n) is 6.40. The first-order valence-electron chi connectivity index (χ1n) is 7.38. The van der Waals surface area contributed by atoms with Gasteiger partial charge in [-0.2, -0.15) is 0 Å². The summed E-state index contributed by atoms with van der Waals surface area (Å²) in [7, 11) is 0. The van der Waals surface area contributed by atoms with Gasteiger partial charge in [-0.25, -0.2) is 13.2 Å². The molecule has 2 rings (SSSR count). The fourth-order valence-electron chi connectivity index (χ4n) is 2.73. The third-order valence-electron chi connectivity index (χ3n) is 3.96. The van der Waals surface area contributed by atoms with Crippen LogP contribution in [-0.4, -0.2) is 35.2 Å². The lowest BCUT2D eigenvalue weighted by Gasteiger charge is -2.35. The molecule has 1 fully saturated rings. The van der Waals surface area contributed by atoms with Crippen LogP contribution < -0.4 is 5.73 Å². The van der Waals surface area contributed by atoms with Gasteiger partial charge in [0.05, 0.1) is 11.1 Å². The Bertz CT molecular complexity index is 616. The molecule has 0 saturated carbocycles. The summed E-state index contributed by atoms with van der Waals surface area (Å²) in [4.78, 5) is 25.9. The summed E-state index contributed by atoms with van der Waals surface area (Å²) in [6, 6.07) is 0.984. The largest absolute Gasteiger partial charge is 0.341 e. The lowest BCUT2D eigenvalue weighted by atomic mass is 9.87. The standard InChI is InChI=1S/C16H19F3N2O2.ClH/c1-16(2,20)15(23)21-5-3-9(4-6-21)14(22)13-11(18)7-10(17)8-12(13)19;/h7-9H,3-6,20H2,1-2H3;1H. The van der Waals surface area contributed by atoms with E-state index in [1.54, 1.807) is 18.7 Å². The molecule has 0 spiro atoms. The lowest BCUT2D eigenvalue weighted by Crippen LogP contribution is -2.53. The average Bonchev–Trinajstić information content (AvgIpc) is 2.44. The van der Waals surface area contributed by atoms with E-state index in [4.69, 9.17) is 5.73 Å². The summed E-state index contributed by atoms with van der Waals surface area (Å²) < 4.78 is 40.3. The highest BCUT2D eigenvalue weighted by Gasteiger charge is 2.34. The molecule has 1 aliphatic heterocycles. The molecule has 134 valence electrons. The summed E-state index contributed by atoms with van der Waals surface area (Å²) in [6.45, 7) is 3.77. The molecule has 1 heterocycles. The second kappa shape index (κ2) is 7.53. The van der Waals surface area contributed by atoms with Crippen molar-refractivity contribution in [2.45, 2.75) is 32.2 Å². The van der Waals surface area contributed by atoms with Crippen molar-refractivity contribution in [2.75, 3.05) is 13.1 Å². The highest BCUT2D eigenvalue weighted by atomic mass is 35.5. The molecule has 2 N–H and O–H groups in total. The van der Waals surface area contributed by atoms with Crippen molar-refractivity contribution >= 4 is 24.1 Å². The molecule has 1 aromatic carbocycles. The van der Waals surface area contributed by atoms with Gasteiger partial charge in [0, 0.05) is 31.1 Å². The van der Waals surface area contributed by atoms with Crippen LogP contribution in [0.4, 0.5) is 13.2 Å². The number of ketones is 1. The van der Waals surface area contributed by atoms with Crippen LogP contribution in [0.5, 0.6) is 0 Å². The Kier molecular flexibility index (Phi) is 6.41. The van der Waals surface area contributed by atoms with E-state index in [2.05, 4.69) is 0 Å². The normalized spacial score (nSPS) is 15.8. The topological polar surface area (TPSA) is 63.4 Å². The summed E-state index contributed by atoms with van der Waals surface area (Å²) in [5.41, 5.74) is 4.04. The van der Waals surface area contributed by atoms with E-state index < -0.39 is 40.3 Å². The van der Waals surface area contributed by atoms with Crippen LogP contribution in [0.25, 0.3) is 0 Å². The highest BCUT2D eigenvalue weighted by Crippen LogP contribution is 2.26. The number of rotatable bonds is 3. The number of piperidine rings is 1. The van der Waals surface area contributed by atoms with Crippen molar-refractivity contribution in [1.29, 1.82) is 0 Å². The van der Waals surface area contributed by atoms with Gasteiger partial charge in [-0.15, -0.1) is 12.4 Å². The number of hydrogen-bond acceptors (Lipinski definition) is 3. The number of benzene rings is 1. The van der Waals surface area contributed by atoms with Crippen LogP contribution in [0, 0.1) is 23.4 Å². The van der Waals surface area contributed by atoms with Gasteiger partial charge in [-0.05, 0) is 26.7 Å². The molecule has 1 amide bonds. The molecule has 1 saturated heterocycles. The maximum atomic E-state index is 13.7. The summed E-state index contributed by atoms with van der Waals surface area (Å²) in [5, 5.41) is 0. The van der Waals surface area contributed by atoms with E-state index >= 15 is 0 Å². The van der Waals surface area contributed by atoms with E-state index in [1.165, 1.54) is 0 Å². The smallest absolute Gasteiger partial charge is 0.242 e. The zero-order chi connectivity index (χ0) is 17.4. The molecular formula is C16H20ClF3N2O2. The van der Waals surface area contributed by atoms with Crippen LogP contribution in [0.2, 0.25) is 0 Å². The van der Waals surface area contributed by atoms with Crippen molar-refractivity contribution in [3.63, 3.8) is 0 Å². The quantitative estimate of drug-likeness (QED) is 0.839. The van der Waals surface area contributed by atoms with Gasteiger partial charge in [-0.1, -0.05) is 0 Å². The third-order valence-corrected chi connectivity index (χ3v) is 3.96. The van der Waals surface area contributed by atoms with E-state index in [9.17, 15) is 22.8 Å². The third kappa shape index (κ3) is 4.27. The number of carbonyl (C=O) groups is 2. The summed E-state index contributed by atoms with van der Waals surface area (Å²) in [6.07, 6.45) is 0.577. The molecule has 0 aliphatic carbocycles. The SMILES string of the molecule is CC(C)(N)C(=O)N1CCC(C(=O)c2c(F)cc(F)cc2F)CC1.Cl. The number of Topliss-reactive ketones (excluding diaryl/α,β-unsaturated/α-hetero) is 1. The van der Waals surface area contributed by atoms with Crippen molar-refractivity contribution < 1.29 is 22.8 Å². The minimum atomic E-state index is -1.20. The molecular weight excluding hydrogens is 345 g/mol. The maximum Gasteiger partial charge on any atom is 0.242 e. The fraction of sp³-hybridized carbons (Fsp3) is 0.500. The predicted octanol–water partition coefficient (Wildman–Crippen LogP) is 2.68. The van der Waals surface area contributed by atoms with Crippen molar-refractivity contribution in [3.05, 3.63) is 35.1 Å². The zero-order valence-electron chi connectivity index (χ0n) is 13.4. The molecule has 8 heteroatoms. The zero-order valence-corrected chi connectivity index (χ0v) is 14.3. The molecule has 1 aromatic rings.